The zero-order valence-electron chi connectivity index (χ0n) is 20.5. The van der Waals surface area contributed by atoms with E-state index in [0.29, 0.717) is 31.0 Å². The minimum Gasteiger partial charge on any atom is -0.493 e. The average molecular weight is 513 g/mol. The summed E-state index contributed by atoms with van der Waals surface area (Å²) in [6.45, 7) is 0.727. The summed E-state index contributed by atoms with van der Waals surface area (Å²) in [5, 5.41) is 2.68. The Bertz CT molecular complexity index is 1280. The number of hydrogen-bond donors (Lipinski definition) is 1. The Morgan fingerprint density at radius 1 is 0.946 bits per heavy atom. The Morgan fingerprint density at radius 2 is 1.62 bits per heavy atom. The fourth-order valence-corrected chi connectivity index (χ4v) is 4.42. The highest BCUT2D eigenvalue weighted by molar-refractivity contribution is 5.97. The van der Waals surface area contributed by atoms with Crippen molar-refractivity contribution in [3.63, 3.8) is 0 Å². The van der Waals surface area contributed by atoms with Crippen LogP contribution in [0.2, 0.25) is 0 Å². The largest absolute Gasteiger partial charge is 0.493 e. The number of halogens is 3. The third-order valence-electron chi connectivity index (χ3n) is 6.37. The molecular formula is C28H27F3N2O4. The second-order valence-corrected chi connectivity index (χ2v) is 8.78. The Morgan fingerprint density at radius 3 is 2.27 bits per heavy atom. The van der Waals surface area contributed by atoms with Crippen molar-refractivity contribution in [1.82, 2.24) is 10.2 Å². The maximum Gasteiger partial charge on any atom is 0.416 e. The minimum absolute atomic E-state index is 0.165. The van der Waals surface area contributed by atoms with E-state index < -0.39 is 23.7 Å². The highest BCUT2D eigenvalue weighted by atomic mass is 19.4. The van der Waals surface area contributed by atoms with Crippen molar-refractivity contribution in [1.29, 1.82) is 0 Å². The molecule has 194 valence electrons. The summed E-state index contributed by atoms with van der Waals surface area (Å²) in [7, 11) is 3.10. The van der Waals surface area contributed by atoms with Crippen LogP contribution in [0.5, 0.6) is 11.5 Å². The molecule has 37 heavy (non-hydrogen) atoms. The van der Waals surface area contributed by atoms with Gasteiger partial charge in [0.25, 0.3) is 5.91 Å². The first kappa shape index (κ1) is 26.1. The van der Waals surface area contributed by atoms with Crippen LogP contribution in [0.25, 0.3) is 0 Å². The molecule has 0 saturated carbocycles. The first-order chi connectivity index (χ1) is 17.7. The van der Waals surface area contributed by atoms with Crippen molar-refractivity contribution in [3.8, 4) is 11.5 Å². The topological polar surface area (TPSA) is 67.9 Å². The molecule has 6 nitrogen and oxygen atoms in total. The van der Waals surface area contributed by atoms with Crippen LogP contribution in [-0.4, -0.2) is 43.5 Å². The van der Waals surface area contributed by atoms with E-state index in [1.807, 2.05) is 42.5 Å². The number of amides is 2. The van der Waals surface area contributed by atoms with E-state index in [-0.39, 0.29) is 17.9 Å². The van der Waals surface area contributed by atoms with Gasteiger partial charge < -0.3 is 19.7 Å². The molecule has 9 heteroatoms. The number of nitrogens with one attached hydrogen (secondary N) is 1. The Hall–Kier alpha value is -4.01. The van der Waals surface area contributed by atoms with Crippen LogP contribution in [0.4, 0.5) is 13.2 Å². The second kappa shape index (κ2) is 10.9. The van der Waals surface area contributed by atoms with Crippen molar-refractivity contribution in [2.45, 2.75) is 31.6 Å². The summed E-state index contributed by atoms with van der Waals surface area (Å²) in [4.78, 5) is 28.3. The summed E-state index contributed by atoms with van der Waals surface area (Å²) in [6.07, 6.45) is -3.80. The van der Waals surface area contributed by atoms with Gasteiger partial charge in [-0.3, -0.25) is 9.59 Å². The molecule has 3 aromatic carbocycles. The summed E-state index contributed by atoms with van der Waals surface area (Å²) in [5.41, 5.74) is 1.66. The van der Waals surface area contributed by atoms with Gasteiger partial charge in [0, 0.05) is 25.1 Å². The van der Waals surface area contributed by atoms with Gasteiger partial charge in [-0.05, 0) is 53.4 Å². The summed E-state index contributed by atoms with van der Waals surface area (Å²) >= 11 is 0. The van der Waals surface area contributed by atoms with E-state index in [1.54, 1.807) is 12.0 Å². The van der Waals surface area contributed by atoms with E-state index in [1.165, 1.54) is 19.2 Å². The number of benzene rings is 3. The Balaban J connectivity index is 1.58. The zero-order valence-corrected chi connectivity index (χ0v) is 20.5. The van der Waals surface area contributed by atoms with Gasteiger partial charge in [-0.25, -0.2) is 0 Å². The van der Waals surface area contributed by atoms with Crippen LogP contribution < -0.4 is 14.8 Å². The smallest absolute Gasteiger partial charge is 0.416 e. The Labute approximate surface area is 213 Å². The van der Waals surface area contributed by atoms with E-state index in [9.17, 15) is 22.8 Å². The van der Waals surface area contributed by atoms with Gasteiger partial charge in [0.1, 0.15) is 6.04 Å². The maximum absolute atomic E-state index is 13.7. The number of carbonyl (C=O) groups is 2. The van der Waals surface area contributed by atoms with Crippen molar-refractivity contribution in [3.05, 3.63) is 94.5 Å². The lowest BCUT2D eigenvalue weighted by Crippen LogP contribution is -2.51. The van der Waals surface area contributed by atoms with Gasteiger partial charge in [-0.1, -0.05) is 36.4 Å². The number of ether oxygens (including phenoxy) is 2. The Kier molecular flexibility index (Phi) is 7.71. The summed E-state index contributed by atoms with van der Waals surface area (Å²) in [6, 6.07) is 16.1. The van der Waals surface area contributed by atoms with Crippen LogP contribution >= 0.6 is 0 Å². The zero-order chi connectivity index (χ0) is 26.6. The number of carbonyl (C=O) groups excluding carboxylic acids is 2. The van der Waals surface area contributed by atoms with Crippen LogP contribution in [0, 0.1) is 0 Å². The first-order valence-corrected chi connectivity index (χ1v) is 11.7. The number of alkyl halides is 3. The molecule has 4 rings (SSSR count). The molecule has 1 heterocycles. The number of nitrogens with zero attached hydrogens (tertiary/aromatic N) is 1. The average Bonchev–Trinajstić information content (AvgIpc) is 2.91. The van der Waals surface area contributed by atoms with E-state index in [0.717, 1.165) is 28.8 Å². The van der Waals surface area contributed by atoms with E-state index in [2.05, 4.69) is 5.32 Å². The van der Waals surface area contributed by atoms with Crippen molar-refractivity contribution in [2.24, 2.45) is 0 Å². The molecule has 0 fully saturated rings. The van der Waals surface area contributed by atoms with Gasteiger partial charge in [0.2, 0.25) is 5.91 Å². The fourth-order valence-electron chi connectivity index (χ4n) is 4.42. The molecule has 2 amide bonds. The van der Waals surface area contributed by atoms with E-state index in [4.69, 9.17) is 9.47 Å². The third kappa shape index (κ3) is 6.04. The quantitative estimate of drug-likeness (QED) is 0.501. The molecule has 0 aromatic heterocycles. The molecule has 0 aliphatic carbocycles. The first-order valence-electron chi connectivity index (χ1n) is 11.7. The lowest BCUT2D eigenvalue weighted by atomic mass is 9.97. The minimum atomic E-state index is -4.58. The SMILES string of the molecule is COc1cc2c(cc1OC)CN(C(=O)C(Cc1ccccc1)NC(=O)c1cccc(C(F)(F)F)c1)CC2. The standard InChI is InChI=1S/C28H27F3N2O4/c1-36-24-15-19-11-12-33(17-21(19)16-25(24)37-2)27(35)23(13-18-7-4-3-5-8-18)32-26(34)20-9-6-10-22(14-20)28(29,30)31/h3-10,14-16,23H,11-13,17H2,1-2H3,(H,32,34). The van der Waals surface area contributed by atoms with Crippen molar-refractivity contribution in [2.75, 3.05) is 20.8 Å². The predicted octanol–water partition coefficient (Wildman–Crippen LogP) is 4.65. The van der Waals surface area contributed by atoms with Gasteiger partial charge in [-0.2, -0.15) is 13.2 Å². The van der Waals surface area contributed by atoms with Crippen molar-refractivity contribution < 1.29 is 32.2 Å². The molecule has 1 aliphatic rings. The highest BCUT2D eigenvalue weighted by Crippen LogP contribution is 2.33. The van der Waals surface area contributed by atoms with Crippen LogP contribution in [0.1, 0.15) is 32.6 Å². The summed E-state index contributed by atoms with van der Waals surface area (Å²) < 4.78 is 50.3. The lowest BCUT2D eigenvalue weighted by molar-refractivity contribution is -0.137. The van der Waals surface area contributed by atoms with Gasteiger partial charge in [0.15, 0.2) is 11.5 Å². The number of hydrogen-bond acceptors (Lipinski definition) is 4. The number of rotatable bonds is 7. The third-order valence-corrected chi connectivity index (χ3v) is 6.37. The summed E-state index contributed by atoms with van der Waals surface area (Å²) in [5.74, 6) is 0.0966. The number of fused-ring (bicyclic) bond motifs is 1. The normalized spacial score (nSPS) is 13.9. The molecule has 0 bridgehead atoms. The molecule has 1 N–H and O–H groups in total. The van der Waals surface area contributed by atoms with Gasteiger partial charge >= 0.3 is 6.18 Å². The van der Waals surface area contributed by atoms with Crippen LogP contribution in [0.3, 0.4) is 0 Å². The van der Waals surface area contributed by atoms with Gasteiger partial charge in [0.05, 0.1) is 19.8 Å². The molecule has 0 saturated heterocycles. The molecule has 0 spiro atoms. The number of methoxy groups -OCH3 is 2. The van der Waals surface area contributed by atoms with Gasteiger partial charge in [-0.15, -0.1) is 0 Å². The maximum atomic E-state index is 13.7. The van der Waals surface area contributed by atoms with Crippen LogP contribution in [0.15, 0.2) is 66.7 Å². The highest BCUT2D eigenvalue weighted by Gasteiger charge is 2.32. The fraction of sp³-hybridized carbons (Fsp3) is 0.286. The predicted molar refractivity (Wildman–Crippen MR) is 132 cm³/mol. The molecule has 1 aliphatic heterocycles. The molecule has 0 radical (unpaired) electrons. The molecule has 1 atom stereocenters. The molecule has 3 aromatic rings. The lowest BCUT2D eigenvalue weighted by Gasteiger charge is -2.32. The van der Waals surface area contributed by atoms with E-state index >= 15 is 0 Å². The molecular weight excluding hydrogens is 485 g/mol. The van der Waals surface area contributed by atoms with Crippen LogP contribution in [-0.2, 0) is 30.4 Å². The molecule has 1 unspecified atom stereocenters. The van der Waals surface area contributed by atoms with Crippen molar-refractivity contribution >= 4 is 11.8 Å². The second-order valence-electron chi connectivity index (χ2n) is 8.78. The monoisotopic (exact) mass is 512 g/mol.